The molecule has 4 heterocycles. The van der Waals surface area contributed by atoms with E-state index in [0.29, 0.717) is 23.7 Å². The quantitative estimate of drug-likeness (QED) is 0.808. The average Bonchev–Trinajstić information content (AvgIpc) is 3.30. The van der Waals surface area contributed by atoms with E-state index < -0.39 is 0 Å². The second-order valence-electron chi connectivity index (χ2n) is 8.96. The van der Waals surface area contributed by atoms with Crippen LogP contribution in [-0.4, -0.2) is 56.5 Å². The van der Waals surface area contributed by atoms with Crippen molar-refractivity contribution in [2.75, 3.05) is 19.6 Å². The average molecular weight is 399 g/mol. The molecule has 2 N–H and O–H groups in total. The van der Waals surface area contributed by atoms with Crippen LogP contribution >= 0.6 is 0 Å². The monoisotopic (exact) mass is 398 g/mol. The summed E-state index contributed by atoms with van der Waals surface area (Å²) >= 11 is 0. The first-order valence-electron chi connectivity index (χ1n) is 11.1. The van der Waals surface area contributed by atoms with E-state index in [9.17, 15) is 4.79 Å². The highest BCUT2D eigenvalue weighted by molar-refractivity contribution is 5.93. The van der Waals surface area contributed by atoms with E-state index in [0.717, 1.165) is 29.2 Å². The zero-order valence-electron chi connectivity index (χ0n) is 18.2. The third-order valence-electron chi connectivity index (χ3n) is 6.65. The Balaban J connectivity index is 1.43. The minimum atomic E-state index is -0.0664. The van der Waals surface area contributed by atoms with Crippen LogP contribution in [0.3, 0.4) is 0 Å². The summed E-state index contributed by atoms with van der Waals surface area (Å²) in [5, 5.41) is 15.1. The van der Waals surface area contributed by atoms with Crippen LogP contribution < -0.4 is 5.32 Å². The number of aromatic amines is 1. The van der Waals surface area contributed by atoms with Crippen molar-refractivity contribution in [1.29, 1.82) is 0 Å². The Morgan fingerprint density at radius 2 is 2.03 bits per heavy atom. The smallest absolute Gasteiger partial charge is 0.269 e. The van der Waals surface area contributed by atoms with Crippen LogP contribution in [0.4, 0.5) is 0 Å². The Bertz CT molecular complexity index is 865. The molecule has 0 aliphatic carbocycles. The Hall–Kier alpha value is -2.15. The van der Waals surface area contributed by atoms with Crippen molar-refractivity contribution in [1.82, 2.24) is 30.2 Å². The zero-order valence-corrected chi connectivity index (χ0v) is 18.2. The van der Waals surface area contributed by atoms with Gasteiger partial charge in [0.2, 0.25) is 0 Å². The maximum atomic E-state index is 12.8. The molecular formula is C22H34N6O. The van der Waals surface area contributed by atoms with Crippen molar-refractivity contribution < 1.29 is 4.79 Å². The third kappa shape index (κ3) is 3.97. The van der Waals surface area contributed by atoms with Crippen LogP contribution in [0.15, 0.2) is 6.07 Å². The number of hydrogen-bond donors (Lipinski definition) is 2. The van der Waals surface area contributed by atoms with Gasteiger partial charge in [-0.05, 0) is 78.5 Å². The van der Waals surface area contributed by atoms with Crippen LogP contribution in [0.25, 0.3) is 11.3 Å². The van der Waals surface area contributed by atoms with Crippen molar-refractivity contribution in [3.63, 3.8) is 0 Å². The van der Waals surface area contributed by atoms with Gasteiger partial charge >= 0.3 is 0 Å². The van der Waals surface area contributed by atoms with Crippen molar-refractivity contribution in [2.45, 2.75) is 71.9 Å². The molecule has 7 heteroatoms. The molecule has 2 fully saturated rings. The normalized spacial score (nSPS) is 22.7. The summed E-state index contributed by atoms with van der Waals surface area (Å²) in [6.07, 6.45) is 6.36. The van der Waals surface area contributed by atoms with Crippen molar-refractivity contribution in [3.05, 3.63) is 23.1 Å². The second kappa shape index (κ2) is 8.30. The zero-order chi connectivity index (χ0) is 20.5. The van der Waals surface area contributed by atoms with E-state index in [-0.39, 0.29) is 5.91 Å². The summed E-state index contributed by atoms with van der Waals surface area (Å²) < 4.78 is 2.01. The molecule has 0 spiro atoms. The van der Waals surface area contributed by atoms with Gasteiger partial charge in [0.15, 0.2) is 0 Å². The van der Waals surface area contributed by atoms with Gasteiger partial charge in [-0.2, -0.15) is 10.2 Å². The topological polar surface area (TPSA) is 78.8 Å². The van der Waals surface area contributed by atoms with Crippen molar-refractivity contribution in [3.8, 4) is 11.3 Å². The minimum Gasteiger partial charge on any atom is -0.350 e. The summed E-state index contributed by atoms with van der Waals surface area (Å²) in [6.45, 7) is 11.5. The lowest BCUT2D eigenvalue weighted by Gasteiger charge is -2.44. The molecular weight excluding hydrogens is 364 g/mol. The Kier molecular flexibility index (Phi) is 5.76. The summed E-state index contributed by atoms with van der Waals surface area (Å²) in [4.78, 5) is 15.4. The van der Waals surface area contributed by atoms with Gasteiger partial charge in [-0.1, -0.05) is 6.42 Å². The molecule has 0 bridgehead atoms. The molecule has 158 valence electrons. The first kappa shape index (κ1) is 20.1. The van der Waals surface area contributed by atoms with Gasteiger partial charge in [-0.15, -0.1) is 0 Å². The van der Waals surface area contributed by atoms with Gasteiger partial charge in [0, 0.05) is 29.9 Å². The molecule has 2 atom stereocenters. The molecule has 0 aromatic carbocycles. The number of aromatic nitrogens is 4. The number of nitrogens with one attached hydrogen (secondary N) is 2. The predicted octanol–water partition coefficient (Wildman–Crippen LogP) is 3.47. The molecule has 2 aromatic heterocycles. The SMILES string of the molecule is Cc1nn(C(C)C)c(C)c1-c1cc(C(=O)NC[C@@H]2CCCN3CCCC[C@@H]23)[nH]n1. The number of carbonyl (C=O) groups excluding carboxylic acids is 1. The number of H-pyrrole nitrogens is 1. The second-order valence-corrected chi connectivity index (χ2v) is 8.96. The van der Waals surface area contributed by atoms with E-state index in [4.69, 9.17) is 0 Å². The van der Waals surface area contributed by atoms with Gasteiger partial charge in [0.1, 0.15) is 5.69 Å². The maximum Gasteiger partial charge on any atom is 0.269 e. The largest absolute Gasteiger partial charge is 0.350 e. The molecule has 2 aliphatic rings. The summed E-state index contributed by atoms with van der Waals surface area (Å²) in [5.41, 5.74) is 4.34. The van der Waals surface area contributed by atoms with Gasteiger partial charge in [-0.3, -0.25) is 14.6 Å². The highest BCUT2D eigenvalue weighted by Crippen LogP contribution is 2.31. The van der Waals surface area contributed by atoms with E-state index in [1.807, 2.05) is 17.7 Å². The number of aryl methyl sites for hydroxylation is 1. The molecule has 7 nitrogen and oxygen atoms in total. The van der Waals surface area contributed by atoms with E-state index in [2.05, 4.69) is 46.3 Å². The predicted molar refractivity (Wildman–Crippen MR) is 114 cm³/mol. The maximum absolute atomic E-state index is 12.8. The minimum absolute atomic E-state index is 0.0664. The van der Waals surface area contributed by atoms with Crippen LogP contribution in [0.1, 0.15) is 73.9 Å². The fraction of sp³-hybridized carbons (Fsp3) is 0.682. The first-order chi connectivity index (χ1) is 14.0. The number of piperidine rings is 2. The fourth-order valence-electron chi connectivity index (χ4n) is 5.24. The number of nitrogens with zero attached hydrogens (tertiary/aromatic N) is 4. The van der Waals surface area contributed by atoms with Crippen LogP contribution in [0.2, 0.25) is 0 Å². The number of rotatable bonds is 5. The van der Waals surface area contributed by atoms with Gasteiger partial charge < -0.3 is 10.2 Å². The molecule has 1 amide bonds. The highest BCUT2D eigenvalue weighted by atomic mass is 16.1. The number of fused-ring (bicyclic) bond motifs is 1. The van der Waals surface area contributed by atoms with Crippen molar-refractivity contribution >= 4 is 5.91 Å². The van der Waals surface area contributed by atoms with Gasteiger partial charge in [-0.25, -0.2) is 0 Å². The molecule has 0 unspecified atom stereocenters. The summed E-state index contributed by atoms with van der Waals surface area (Å²) in [7, 11) is 0. The van der Waals surface area contributed by atoms with Crippen LogP contribution in [0, 0.1) is 19.8 Å². The summed E-state index contributed by atoms with van der Waals surface area (Å²) in [6, 6.07) is 2.78. The molecule has 2 aliphatic heterocycles. The number of hydrogen-bond acceptors (Lipinski definition) is 4. The highest BCUT2D eigenvalue weighted by Gasteiger charge is 2.33. The first-order valence-corrected chi connectivity index (χ1v) is 11.1. The molecule has 4 rings (SSSR count). The Morgan fingerprint density at radius 1 is 1.24 bits per heavy atom. The van der Waals surface area contributed by atoms with E-state index in [1.165, 1.54) is 45.2 Å². The van der Waals surface area contributed by atoms with Crippen molar-refractivity contribution in [2.24, 2.45) is 5.92 Å². The lowest BCUT2D eigenvalue weighted by Crippen LogP contribution is -2.51. The molecule has 29 heavy (non-hydrogen) atoms. The van der Waals surface area contributed by atoms with Gasteiger partial charge in [0.25, 0.3) is 5.91 Å². The van der Waals surface area contributed by atoms with E-state index >= 15 is 0 Å². The summed E-state index contributed by atoms with van der Waals surface area (Å²) in [5.74, 6) is 0.493. The Morgan fingerprint density at radius 3 is 2.79 bits per heavy atom. The standard InChI is InChI=1S/C22H34N6O/c1-14(2)28-16(4)21(15(3)26-28)18-12-19(25-24-18)22(29)23-13-17-8-7-11-27-10-6-5-9-20(17)27/h12,14,17,20H,5-11,13H2,1-4H3,(H,23,29)(H,24,25)/t17-,20-/m0/s1. The van der Waals surface area contributed by atoms with E-state index in [1.54, 1.807) is 0 Å². The number of carbonyl (C=O) groups is 1. The Labute approximate surface area is 173 Å². The van der Waals surface area contributed by atoms with Crippen LogP contribution in [-0.2, 0) is 0 Å². The van der Waals surface area contributed by atoms with Gasteiger partial charge in [0.05, 0.1) is 11.4 Å². The molecule has 2 saturated heterocycles. The molecule has 2 aromatic rings. The fourth-order valence-corrected chi connectivity index (χ4v) is 5.24. The lowest BCUT2D eigenvalue weighted by molar-refractivity contribution is 0.0575. The molecule has 0 radical (unpaired) electrons. The lowest BCUT2D eigenvalue weighted by atomic mass is 9.83. The molecule has 0 saturated carbocycles. The number of amides is 1. The van der Waals surface area contributed by atoms with Crippen LogP contribution in [0.5, 0.6) is 0 Å². The third-order valence-corrected chi connectivity index (χ3v) is 6.65.